The maximum atomic E-state index is 12.7. The van der Waals surface area contributed by atoms with Crippen LogP contribution in [-0.4, -0.2) is 26.2 Å². The molecule has 2 aromatic rings. The molecule has 17 heavy (non-hydrogen) atoms. The Morgan fingerprint density at radius 1 is 1.29 bits per heavy atom. The van der Waals surface area contributed by atoms with Gasteiger partial charge in [0.05, 0.1) is 11.9 Å². The first-order chi connectivity index (χ1) is 8.00. The van der Waals surface area contributed by atoms with Gasteiger partial charge in [-0.25, -0.2) is 4.68 Å². The number of ketones is 1. The molecule has 4 nitrogen and oxygen atoms in total. The summed E-state index contributed by atoms with van der Waals surface area (Å²) < 4.78 is 26.5. The van der Waals surface area contributed by atoms with Crippen LogP contribution in [0, 0.1) is 0 Å². The molecule has 0 atom stereocenters. The third kappa shape index (κ3) is 2.31. The lowest BCUT2D eigenvalue weighted by molar-refractivity contribution is 0.0527. The minimum Gasteiger partial charge on any atom is -0.284 e. The van der Waals surface area contributed by atoms with Crippen LogP contribution in [0.4, 0.5) is 8.78 Å². The van der Waals surface area contributed by atoms with Gasteiger partial charge in [0, 0.05) is 0 Å². The van der Waals surface area contributed by atoms with Crippen molar-refractivity contribution < 1.29 is 13.6 Å². The third-order valence-corrected chi connectivity index (χ3v) is 2.21. The largest absolute Gasteiger partial charge is 0.386 e. The van der Waals surface area contributed by atoms with Gasteiger partial charge in [0.2, 0.25) is 0 Å². The Balaban J connectivity index is 2.46. The zero-order valence-corrected chi connectivity index (χ0v) is 9.10. The zero-order chi connectivity index (χ0) is 12.5. The second-order valence-corrected chi connectivity index (χ2v) is 3.67. The number of hydrogen-bond donors (Lipinski definition) is 0. The number of halogens is 3. The summed E-state index contributed by atoms with van der Waals surface area (Å²) in [6, 6.07) is 8.34. The zero-order valence-electron chi connectivity index (χ0n) is 8.35. The van der Waals surface area contributed by atoms with Gasteiger partial charge in [0.25, 0.3) is 5.78 Å². The van der Waals surface area contributed by atoms with Crippen molar-refractivity contribution in [2.45, 2.75) is 5.38 Å². The summed E-state index contributed by atoms with van der Waals surface area (Å²) in [5, 5.41) is 3.04. The Morgan fingerprint density at radius 2 is 1.94 bits per heavy atom. The molecule has 0 saturated carbocycles. The van der Waals surface area contributed by atoms with E-state index in [9.17, 15) is 13.6 Å². The molecule has 2 rings (SSSR count). The standard InChI is InChI=1S/C10H6ClF2N3O/c11-10(12,13)9(17)8-6-14-15-16(8)7-4-2-1-3-5-7/h1-6H. The molecule has 88 valence electrons. The van der Waals surface area contributed by atoms with Crippen LogP contribution in [0.25, 0.3) is 5.69 Å². The van der Waals surface area contributed by atoms with Gasteiger partial charge >= 0.3 is 5.38 Å². The summed E-state index contributed by atoms with van der Waals surface area (Å²) >= 11 is 4.68. The van der Waals surface area contributed by atoms with E-state index in [-0.39, 0.29) is 5.69 Å². The quantitative estimate of drug-likeness (QED) is 0.626. The van der Waals surface area contributed by atoms with Crippen molar-refractivity contribution in [3.8, 4) is 5.69 Å². The van der Waals surface area contributed by atoms with Gasteiger partial charge in [0.1, 0.15) is 5.69 Å². The van der Waals surface area contributed by atoms with E-state index in [1.54, 1.807) is 30.3 Å². The van der Waals surface area contributed by atoms with Crippen molar-refractivity contribution in [2.75, 3.05) is 0 Å². The van der Waals surface area contributed by atoms with E-state index < -0.39 is 11.2 Å². The Kier molecular flexibility index (Phi) is 2.89. The maximum absolute atomic E-state index is 12.7. The second kappa shape index (κ2) is 4.21. The van der Waals surface area contributed by atoms with Crippen LogP contribution < -0.4 is 0 Å². The van der Waals surface area contributed by atoms with E-state index in [2.05, 4.69) is 21.9 Å². The van der Waals surface area contributed by atoms with Crippen molar-refractivity contribution in [3.05, 3.63) is 42.2 Å². The van der Waals surface area contributed by atoms with E-state index >= 15 is 0 Å². The molecule has 0 aliphatic rings. The molecule has 0 aliphatic heterocycles. The highest BCUT2D eigenvalue weighted by atomic mass is 35.5. The average molecular weight is 258 g/mol. The van der Waals surface area contributed by atoms with Crippen molar-refractivity contribution >= 4 is 17.4 Å². The molecule has 0 aliphatic carbocycles. The first-order valence-corrected chi connectivity index (χ1v) is 4.95. The smallest absolute Gasteiger partial charge is 0.284 e. The third-order valence-electron chi connectivity index (χ3n) is 2.04. The lowest BCUT2D eigenvalue weighted by atomic mass is 10.2. The predicted molar refractivity (Wildman–Crippen MR) is 56.5 cm³/mol. The number of hydrogen-bond acceptors (Lipinski definition) is 3. The molecule has 0 saturated heterocycles. The van der Waals surface area contributed by atoms with Crippen molar-refractivity contribution in [1.29, 1.82) is 0 Å². The average Bonchev–Trinajstić information content (AvgIpc) is 2.76. The van der Waals surface area contributed by atoms with Crippen molar-refractivity contribution in [1.82, 2.24) is 15.0 Å². The van der Waals surface area contributed by atoms with Gasteiger partial charge in [-0.1, -0.05) is 23.4 Å². The summed E-state index contributed by atoms with van der Waals surface area (Å²) in [7, 11) is 0. The van der Waals surface area contributed by atoms with Gasteiger partial charge in [-0.2, -0.15) is 8.78 Å². The van der Waals surface area contributed by atoms with Crippen LogP contribution in [-0.2, 0) is 0 Å². The van der Waals surface area contributed by atoms with E-state index in [1.165, 1.54) is 0 Å². The van der Waals surface area contributed by atoms with Crippen LogP contribution in [0.5, 0.6) is 0 Å². The molecule has 7 heteroatoms. The molecule has 0 radical (unpaired) electrons. The minimum atomic E-state index is -3.96. The minimum absolute atomic E-state index is 0.365. The first kappa shape index (κ1) is 11.7. The summed E-state index contributed by atoms with van der Waals surface area (Å²) in [5.41, 5.74) is 0.0884. The monoisotopic (exact) mass is 257 g/mol. The van der Waals surface area contributed by atoms with Crippen LogP contribution in [0.1, 0.15) is 10.5 Å². The van der Waals surface area contributed by atoms with E-state index in [0.717, 1.165) is 10.9 Å². The molecule has 0 fully saturated rings. The topological polar surface area (TPSA) is 47.8 Å². The van der Waals surface area contributed by atoms with Gasteiger partial charge < -0.3 is 0 Å². The summed E-state index contributed by atoms with van der Waals surface area (Å²) in [6.45, 7) is 0. The Bertz CT molecular complexity index is 536. The maximum Gasteiger partial charge on any atom is 0.386 e. The van der Waals surface area contributed by atoms with Gasteiger partial charge in [-0.15, -0.1) is 5.10 Å². The fourth-order valence-corrected chi connectivity index (χ4v) is 1.39. The summed E-state index contributed by atoms with van der Waals surface area (Å²) in [5.74, 6) is -1.53. The fourth-order valence-electron chi connectivity index (χ4n) is 1.29. The Labute approximate surface area is 99.8 Å². The van der Waals surface area contributed by atoms with Gasteiger partial charge in [-0.05, 0) is 23.7 Å². The van der Waals surface area contributed by atoms with E-state index in [1.807, 2.05) is 0 Å². The number of rotatable bonds is 3. The molecule has 1 aromatic heterocycles. The Morgan fingerprint density at radius 3 is 2.53 bits per heavy atom. The highest BCUT2D eigenvalue weighted by molar-refractivity contribution is 6.35. The molecule has 1 heterocycles. The molecule has 0 unspecified atom stereocenters. The summed E-state index contributed by atoms with van der Waals surface area (Å²) in [6.07, 6.45) is 0.950. The molecule has 0 N–H and O–H groups in total. The lowest BCUT2D eigenvalue weighted by Gasteiger charge is -2.08. The van der Waals surface area contributed by atoms with Crippen LogP contribution in [0.3, 0.4) is 0 Å². The molecule has 0 amide bonds. The van der Waals surface area contributed by atoms with Crippen LogP contribution in [0.2, 0.25) is 0 Å². The highest BCUT2D eigenvalue weighted by Gasteiger charge is 2.39. The SMILES string of the molecule is O=C(c1cnnn1-c1ccccc1)C(F)(F)Cl. The lowest BCUT2D eigenvalue weighted by Crippen LogP contribution is -2.24. The van der Waals surface area contributed by atoms with Gasteiger partial charge in [0.15, 0.2) is 0 Å². The van der Waals surface area contributed by atoms with Crippen molar-refractivity contribution in [2.24, 2.45) is 0 Å². The van der Waals surface area contributed by atoms with E-state index in [0.29, 0.717) is 5.69 Å². The van der Waals surface area contributed by atoms with Crippen molar-refractivity contribution in [3.63, 3.8) is 0 Å². The van der Waals surface area contributed by atoms with Gasteiger partial charge in [-0.3, -0.25) is 4.79 Å². The molecular formula is C10H6ClF2N3O. The molecule has 0 bridgehead atoms. The Hall–Kier alpha value is -1.82. The summed E-state index contributed by atoms with van der Waals surface area (Å²) in [4.78, 5) is 11.3. The van der Waals surface area contributed by atoms with Crippen LogP contribution >= 0.6 is 11.6 Å². The number of nitrogens with zero attached hydrogens (tertiary/aromatic N) is 3. The number of carbonyl (C=O) groups is 1. The number of carbonyl (C=O) groups excluding carboxylic acids is 1. The number of aromatic nitrogens is 3. The van der Waals surface area contributed by atoms with Crippen LogP contribution in [0.15, 0.2) is 36.5 Å². The number of benzene rings is 1. The number of Topliss-reactive ketones (excluding diaryl/α,β-unsaturated/α-hetero) is 1. The predicted octanol–water partition coefficient (Wildman–Crippen LogP) is 2.28. The normalized spacial score (nSPS) is 11.5. The fraction of sp³-hybridized carbons (Fsp3) is 0.100. The highest BCUT2D eigenvalue weighted by Crippen LogP contribution is 2.24. The molecule has 0 spiro atoms. The van der Waals surface area contributed by atoms with E-state index in [4.69, 9.17) is 0 Å². The molecular weight excluding hydrogens is 252 g/mol. The first-order valence-electron chi connectivity index (χ1n) is 4.58. The number of para-hydroxylation sites is 1. The second-order valence-electron chi connectivity index (χ2n) is 3.19. The molecule has 1 aromatic carbocycles. The number of alkyl halides is 3.